The van der Waals surface area contributed by atoms with Gasteiger partial charge in [-0.1, -0.05) is 6.58 Å². The number of nitrogens with zero attached hydrogens (tertiary/aromatic N) is 1. The Labute approximate surface area is 108 Å². The van der Waals surface area contributed by atoms with E-state index in [0.717, 1.165) is 0 Å². The molecule has 1 heterocycles. The first kappa shape index (κ1) is 14.7. The van der Waals surface area contributed by atoms with Crippen LogP contribution in [0.15, 0.2) is 12.7 Å². The fraction of sp³-hybridized carbons (Fsp3) is 0.692. The minimum Gasteiger partial charge on any atom is -0.444 e. The van der Waals surface area contributed by atoms with Crippen LogP contribution in [0.25, 0.3) is 0 Å². The predicted molar refractivity (Wildman–Crippen MR) is 67.3 cm³/mol. The van der Waals surface area contributed by atoms with Crippen molar-refractivity contribution in [2.75, 3.05) is 13.2 Å². The van der Waals surface area contributed by atoms with Gasteiger partial charge in [0.25, 0.3) is 0 Å². The lowest BCUT2D eigenvalue weighted by atomic mass is 10.0. The highest BCUT2D eigenvalue weighted by Gasteiger charge is 2.38. The van der Waals surface area contributed by atoms with Crippen molar-refractivity contribution in [3.63, 3.8) is 0 Å². The monoisotopic (exact) mass is 255 g/mol. The second-order valence-corrected chi connectivity index (χ2v) is 5.30. The Kier molecular flexibility index (Phi) is 4.51. The molecule has 18 heavy (non-hydrogen) atoms. The third kappa shape index (κ3) is 3.57. The third-order valence-electron chi connectivity index (χ3n) is 2.61. The molecule has 0 saturated carbocycles. The summed E-state index contributed by atoms with van der Waals surface area (Å²) in [6, 6.07) is -0.647. The molecule has 2 atom stereocenters. The molecule has 2 unspecified atom stereocenters. The molecule has 0 spiro atoms. The number of hydrogen-bond donors (Lipinski definition) is 0. The fourth-order valence-corrected chi connectivity index (χ4v) is 1.85. The van der Waals surface area contributed by atoms with Crippen LogP contribution in [-0.4, -0.2) is 47.7 Å². The highest BCUT2D eigenvalue weighted by molar-refractivity contribution is 5.96. The van der Waals surface area contributed by atoms with Gasteiger partial charge < -0.3 is 9.47 Å². The summed E-state index contributed by atoms with van der Waals surface area (Å²) in [6.45, 7) is 11.3. The Morgan fingerprint density at radius 2 is 2.06 bits per heavy atom. The molecule has 1 aliphatic rings. The zero-order valence-electron chi connectivity index (χ0n) is 11.4. The van der Waals surface area contributed by atoms with Crippen LogP contribution < -0.4 is 0 Å². The van der Waals surface area contributed by atoms with Crippen molar-refractivity contribution in [2.45, 2.75) is 45.4 Å². The number of morpholine rings is 1. The summed E-state index contributed by atoms with van der Waals surface area (Å²) in [6.07, 6.45) is 0.377. The van der Waals surface area contributed by atoms with Crippen LogP contribution in [0.4, 0.5) is 4.79 Å². The summed E-state index contributed by atoms with van der Waals surface area (Å²) < 4.78 is 10.7. The Balaban J connectivity index is 2.86. The molecule has 0 aromatic rings. The van der Waals surface area contributed by atoms with Crippen molar-refractivity contribution < 1.29 is 19.1 Å². The molecule has 1 saturated heterocycles. The van der Waals surface area contributed by atoms with E-state index in [1.54, 1.807) is 27.7 Å². The van der Waals surface area contributed by atoms with Crippen LogP contribution in [0.1, 0.15) is 27.7 Å². The Hall–Kier alpha value is -1.36. The van der Waals surface area contributed by atoms with Gasteiger partial charge in [0, 0.05) is 6.54 Å². The maximum absolute atomic E-state index is 12.1. The molecular formula is C13H21NO4. The molecule has 1 fully saturated rings. The van der Waals surface area contributed by atoms with Crippen molar-refractivity contribution in [3.05, 3.63) is 12.7 Å². The molecule has 1 rings (SSSR count). The first-order valence-corrected chi connectivity index (χ1v) is 6.04. The maximum Gasteiger partial charge on any atom is 0.411 e. The minimum atomic E-state index is -0.647. The standard InChI is InChI=1S/C13H21NO4/c1-6-10(15)11-9(2)17-8-7-14(11)12(16)18-13(3,4)5/h6,9,11H,1,7-8H2,2-5H3. The van der Waals surface area contributed by atoms with Gasteiger partial charge in [0.2, 0.25) is 0 Å². The van der Waals surface area contributed by atoms with Gasteiger partial charge in [-0.2, -0.15) is 0 Å². The maximum atomic E-state index is 12.1. The number of carbonyl (C=O) groups is 2. The molecule has 1 amide bonds. The lowest BCUT2D eigenvalue weighted by Gasteiger charge is -2.38. The molecule has 5 nitrogen and oxygen atoms in total. The summed E-state index contributed by atoms with van der Waals surface area (Å²) in [4.78, 5) is 25.3. The van der Waals surface area contributed by atoms with Crippen molar-refractivity contribution in [2.24, 2.45) is 0 Å². The smallest absolute Gasteiger partial charge is 0.411 e. The Bertz CT molecular complexity index is 345. The van der Waals surface area contributed by atoms with E-state index < -0.39 is 17.7 Å². The molecule has 0 N–H and O–H groups in total. The average Bonchev–Trinajstić information content (AvgIpc) is 2.25. The number of amides is 1. The summed E-state index contributed by atoms with van der Waals surface area (Å²) in [5, 5.41) is 0. The van der Waals surface area contributed by atoms with E-state index in [2.05, 4.69) is 6.58 Å². The van der Waals surface area contributed by atoms with Crippen LogP contribution >= 0.6 is 0 Å². The van der Waals surface area contributed by atoms with Gasteiger partial charge >= 0.3 is 6.09 Å². The molecule has 1 aliphatic heterocycles. The number of ether oxygens (including phenoxy) is 2. The SMILES string of the molecule is C=CC(=O)C1C(C)OCCN1C(=O)OC(C)(C)C. The van der Waals surface area contributed by atoms with Gasteiger partial charge in [0.1, 0.15) is 11.6 Å². The zero-order valence-corrected chi connectivity index (χ0v) is 11.4. The molecule has 5 heteroatoms. The van der Waals surface area contributed by atoms with Crippen LogP contribution in [0, 0.1) is 0 Å². The van der Waals surface area contributed by atoms with Crippen LogP contribution in [0.3, 0.4) is 0 Å². The van der Waals surface area contributed by atoms with Crippen molar-refractivity contribution in [1.82, 2.24) is 4.90 Å². The number of hydrogen-bond acceptors (Lipinski definition) is 4. The number of carbonyl (C=O) groups excluding carboxylic acids is 2. The molecular weight excluding hydrogens is 234 g/mol. The topological polar surface area (TPSA) is 55.8 Å². The van der Waals surface area contributed by atoms with E-state index in [-0.39, 0.29) is 11.9 Å². The zero-order chi connectivity index (χ0) is 13.9. The Morgan fingerprint density at radius 1 is 1.44 bits per heavy atom. The van der Waals surface area contributed by atoms with E-state index >= 15 is 0 Å². The van der Waals surface area contributed by atoms with Crippen LogP contribution in [-0.2, 0) is 14.3 Å². The first-order chi connectivity index (χ1) is 8.26. The molecule has 0 aromatic heterocycles. The van der Waals surface area contributed by atoms with Crippen molar-refractivity contribution >= 4 is 11.9 Å². The summed E-state index contributed by atoms with van der Waals surface area (Å²) in [5.41, 5.74) is -0.583. The van der Waals surface area contributed by atoms with Gasteiger partial charge in [-0.05, 0) is 33.8 Å². The molecule has 102 valence electrons. The second-order valence-electron chi connectivity index (χ2n) is 5.30. The highest BCUT2D eigenvalue weighted by Crippen LogP contribution is 2.19. The average molecular weight is 255 g/mol. The first-order valence-electron chi connectivity index (χ1n) is 6.04. The summed E-state index contributed by atoms with van der Waals surface area (Å²) >= 11 is 0. The van der Waals surface area contributed by atoms with Gasteiger partial charge in [-0.15, -0.1) is 0 Å². The van der Waals surface area contributed by atoms with Crippen LogP contribution in [0.2, 0.25) is 0 Å². The van der Waals surface area contributed by atoms with E-state index in [1.807, 2.05) is 0 Å². The largest absolute Gasteiger partial charge is 0.444 e. The van der Waals surface area contributed by atoms with Gasteiger partial charge in [-0.3, -0.25) is 9.69 Å². The number of ketones is 1. The van der Waals surface area contributed by atoms with Crippen LogP contribution in [0.5, 0.6) is 0 Å². The molecule has 0 bridgehead atoms. The van der Waals surface area contributed by atoms with Gasteiger partial charge in [0.05, 0.1) is 12.7 Å². The summed E-state index contributed by atoms with van der Waals surface area (Å²) in [7, 11) is 0. The fourth-order valence-electron chi connectivity index (χ4n) is 1.85. The van der Waals surface area contributed by atoms with E-state index in [9.17, 15) is 9.59 Å². The minimum absolute atomic E-state index is 0.229. The molecule has 0 radical (unpaired) electrons. The quantitative estimate of drug-likeness (QED) is 0.706. The normalized spacial score (nSPS) is 24.6. The Morgan fingerprint density at radius 3 is 2.56 bits per heavy atom. The lowest BCUT2D eigenvalue weighted by molar-refractivity contribution is -0.131. The van der Waals surface area contributed by atoms with E-state index in [4.69, 9.17) is 9.47 Å². The van der Waals surface area contributed by atoms with Crippen molar-refractivity contribution in [3.8, 4) is 0 Å². The predicted octanol–water partition coefficient (Wildman–Crippen LogP) is 1.77. The highest BCUT2D eigenvalue weighted by atomic mass is 16.6. The second kappa shape index (κ2) is 5.52. The van der Waals surface area contributed by atoms with Gasteiger partial charge in [-0.25, -0.2) is 4.79 Å². The lowest BCUT2D eigenvalue weighted by Crippen LogP contribution is -2.57. The van der Waals surface area contributed by atoms with Crippen molar-refractivity contribution in [1.29, 1.82) is 0 Å². The number of rotatable bonds is 2. The van der Waals surface area contributed by atoms with E-state index in [0.29, 0.717) is 13.2 Å². The van der Waals surface area contributed by atoms with E-state index in [1.165, 1.54) is 11.0 Å². The summed E-state index contributed by atoms with van der Waals surface area (Å²) in [5.74, 6) is -0.229. The molecule has 0 aromatic carbocycles. The third-order valence-corrected chi connectivity index (χ3v) is 2.61. The molecule has 0 aliphatic carbocycles. The van der Waals surface area contributed by atoms with Gasteiger partial charge in [0.15, 0.2) is 5.78 Å².